The molecule has 2 aromatic rings. The Kier molecular flexibility index (Phi) is 5.59. The summed E-state index contributed by atoms with van der Waals surface area (Å²) in [7, 11) is 0. The zero-order valence-electron chi connectivity index (χ0n) is 19.2. The maximum absolute atomic E-state index is 13.8. The summed E-state index contributed by atoms with van der Waals surface area (Å²) >= 11 is 1.35. The lowest BCUT2D eigenvalue weighted by Crippen LogP contribution is -2.43. The number of benzene rings is 1. The quantitative estimate of drug-likeness (QED) is 0.639. The lowest BCUT2D eigenvalue weighted by atomic mass is 9.70. The highest BCUT2D eigenvalue weighted by molar-refractivity contribution is 7.15. The van der Waals surface area contributed by atoms with Gasteiger partial charge in [0.25, 0.3) is 5.91 Å². The summed E-state index contributed by atoms with van der Waals surface area (Å²) in [6, 6.07) is 5.25. The molecule has 5 unspecified atom stereocenters. The van der Waals surface area contributed by atoms with Gasteiger partial charge in [0.05, 0.1) is 17.5 Å². The Bertz CT molecular complexity index is 1130. The average molecular weight is 470 g/mol. The average Bonchev–Trinajstić information content (AvgIpc) is 3.32. The number of nitrogens with zero attached hydrogens (tertiary/aromatic N) is 3. The van der Waals surface area contributed by atoms with Gasteiger partial charge in [0.2, 0.25) is 5.13 Å². The Morgan fingerprint density at radius 1 is 1.12 bits per heavy atom. The molecule has 3 aliphatic rings. The molecule has 6 nitrogen and oxygen atoms in total. The largest absolute Gasteiger partial charge is 0.483 e. The molecule has 0 spiro atoms. The van der Waals surface area contributed by atoms with Crippen LogP contribution in [0, 0.1) is 29.5 Å². The SMILES string of the molecule is CC(C)Cc1nnc(N2C(=O)C3=C(C(=O)C4CC(C)C(C)CC4O3)C2c2ccc(F)cc2)s1. The zero-order valence-corrected chi connectivity index (χ0v) is 20.1. The number of rotatable bonds is 4. The summed E-state index contributed by atoms with van der Waals surface area (Å²) in [5, 5.41) is 9.84. The smallest absolute Gasteiger partial charge is 0.296 e. The molecule has 0 radical (unpaired) electrons. The highest BCUT2D eigenvalue weighted by Crippen LogP contribution is 2.50. The summed E-state index contributed by atoms with van der Waals surface area (Å²) in [6.45, 7) is 8.53. The van der Waals surface area contributed by atoms with Crippen molar-refractivity contribution in [3.63, 3.8) is 0 Å². The van der Waals surface area contributed by atoms with E-state index in [2.05, 4.69) is 37.9 Å². The van der Waals surface area contributed by atoms with E-state index in [1.54, 1.807) is 12.1 Å². The molecule has 1 amide bonds. The van der Waals surface area contributed by atoms with Crippen LogP contribution in [-0.4, -0.2) is 28.0 Å². The predicted octanol–water partition coefficient (Wildman–Crippen LogP) is 4.87. The van der Waals surface area contributed by atoms with Crippen molar-refractivity contribution in [3.8, 4) is 0 Å². The Morgan fingerprint density at radius 2 is 1.82 bits per heavy atom. The van der Waals surface area contributed by atoms with Crippen molar-refractivity contribution in [3.05, 3.63) is 52.0 Å². The molecule has 174 valence electrons. The molecule has 3 heterocycles. The Labute approximate surface area is 196 Å². The monoisotopic (exact) mass is 469 g/mol. The first-order valence-corrected chi connectivity index (χ1v) is 12.4. The number of Topliss-reactive ketones (excluding diaryl/α,β-unsaturated/α-hetero) is 1. The van der Waals surface area contributed by atoms with Crippen molar-refractivity contribution >= 4 is 28.2 Å². The van der Waals surface area contributed by atoms with E-state index < -0.39 is 6.04 Å². The van der Waals surface area contributed by atoms with E-state index in [9.17, 15) is 14.0 Å². The van der Waals surface area contributed by atoms with Crippen molar-refractivity contribution in [1.29, 1.82) is 0 Å². The minimum absolute atomic E-state index is 0.0305. The third-order valence-corrected chi connectivity index (χ3v) is 8.09. The number of amides is 1. The molecule has 0 N–H and O–H groups in total. The molecular weight excluding hydrogens is 441 g/mol. The van der Waals surface area contributed by atoms with Gasteiger partial charge in [-0.1, -0.05) is 51.2 Å². The molecule has 1 aromatic heterocycles. The Balaban J connectivity index is 1.59. The van der Waals surface area contributed by atoms with Crippen LogP contribution in [0.25, 0.3) is 0 Å². The van der Waals surface area contributed by atoms with Crippen molar-refractivity contribution in [2.24, 2.45) is 23.7 Å². The van der Waals surface area contributed by atoms with Crippen LogP contribution in [0.4, 0.5) is 9.52 Å². The molecular formula is C25H28FN3O3S. The number of carbonyl (C=O) groups excluding carboxylic acids is 2. The Morgan fingerprint density at radius 3 is 2.52 bits per heavy atom. The van der Waals surface area contributed by atoms with Gasteiger partial charge in [-0.3, -0.25) is 14.5 Å². The summed E-state index contributed by atoms with van der Waals surface area (Å²) in [4.78, 5) is 29.0. The van der Waals surface area contributed by atoms with Crippen LogP contribution in [0.5, 0.6) is 0 Å². The number of hydrogen-bond acceptors (Lipinski definition) is 6. The van der Waals surface area contributed by atoms with Gasteiger partial charge in [-0.25, -0.2) is 4.39 Å². The van der Waals surface area contributed by atoms with Gasteiger partial charge in [-0.15, -0.1) is 10.2 Å². The first-order chi connectivity index (χ1) is 15.7. The van der Waals surface area contributed by atoms with Crippen LogP contribution in [0.3, 0.4) is 0 Å². The van der Waals surface area contributed by atoms with Gasteiger partial charge in [-0.05, 0) is 48.3 Å². The first kappa shape index (κ1) is 22.2. The number of fused-ring (bicyclic) bond motifs is 1. The second-order valence-electron chi connectivity index (χ2n) is 10.0. The molecule has 0 saturated heterocycles. The third-order valence-electron chi connectivity index (χ3n) is 7.14. The lowest BCUT2D eigenvalue weighted by molar-refractivity contribution is -0.134. The number of anilines is 1. The molecule has 2 aliphatic heterocycles. The van der Waals surface area contributed by atoms with Gasteiger partial charge >= 0.3 is 0 Å². The first-order valence-electron chi connectivity index (χ1n) is 11.6. The van der Waals surface area contributed by atoms with Crippen molar-refractivity contribution in [1.82, 2.24) is 10.2 Å². The van der Waals surface area contributed by atoms with E-state index in [0.717, 1.165) is 24.3 Å². The molecule has 1 aliphatic carbocycles. The number of ether oxygens (including phenoxy) is 1. The molecule has 8 heteroatoms. The Hall–Kier alpha value is -2.61. The molecule has 33 heavy (non-hydrogen) atoms. The normalized spacial score (nSPS) is 29.4. The van der Waals surface area contributed by atoms with Gasteiger partial charge < -0.3 is 4.74 Å². The molecule has 0 bridgehead atoms. The van der Waals surface area contributed by atoms with Gasteiger partial charge in [-0.2, -0.15) is 0 Å². The van der Waals surface area contributed by atoms with Crippen LogP contribution < -0.4 is 4.90 Å². The summed E-state index contributed by atoms with van der Waals surface area (Å²) in [5.41, 5.74) is 1.03. The second kappa shape index (κ2) is 8.31. The maximum Gasteiger partial charge on any atom is 0.296 e. The van der Waals surface area contributed by atoms with E-state index in [1.165, 1.54) is 28.4 Å². The van der Waals surface area contributed by atoms with Crippen LogP contribution in [-0.2, 0) is 20.7 Å². The summed E-state index contributed by atoms with van der Waals surface area (Å²) < 4.78 is 20.0. The van der Waals surface area contributed by atoms with E-state index in [1.807, 2.05) is 0 Å². The van der Waals surface area contributed by atoms with Gasteiger partial charge in [0, 0.05) is 6.42 Å². The highest BCUT2D eigenvalue weighted by atomic mass is 32.1. The highest BCUT2D eigenvalue weighted by Gasteiger charge is 2.54. The fourth-order valence-electron chi connectivity index (χ4n) is 5.19. The van der Waals surface area contributed by atoms with Crippen LogP contribution in [0.1, 0.15) is 57.1 Å². The molecule has 5 rings (SSSR count). The fraction of sp³-hybridized carbons (Fsp3) is 0.520. The number of aromatic nitrogens is 2. The van der Waals surface area contributed by atoms with Crippen LogP contribution in [0.2, 0.25) is 0 Å². The number of ketones is 1. The molecule has 5 atom stereocenters. The van der Waals surface area contributed by atoms with E-state index in [-0.39, 0.29) is 35.3 Å². The van der Waals surface area contributed by atoms with Gasteiger partial charge in [0.1, 0.15) is 16.9 Å². The number of halogens is 1. The van der Waals surface area contributed by atoms with E-state index in [4.69, 9.17) is 4.74 Å². The second-order valence-corrected chi connectivity index (χ2v) is 11.0. The van der Waals surface area contributed by atoms with E-state index >= 15 is 0 Å². The fourth-order valence-corrected chi connectivity index (χ4v) is 6.27. The molecule has 1 saturated carbocycles. The summed E-state index contributed by atoms with van der Waals surface area (Å²) in [6.07, 6.45) is 1.96. The zero-order chi connectivity index (χ0) is 23.4. The molecule has 1 fully saturated rings. The van der Waals surface area contributed by atoms with E-state index in [0.29, 0.717) is 34.0 Å². The minimum Gasteiger partial charge on any atom is -0.483 e. The van der Waals surface area contributed by atoms with Crippen LogP contribution in [0.15, 0.2) is 35.6 Å². The van der Waals surface area contributed by atoms with Crippen LogP contribution >= 0.6 is 11.3 Å². The van der Waals surface area contributed by atoms with Crippen molar-refractivity contribution < 1.29 is 18.7 Å². The van der Waals surface area contributed by atoms with Crippen molar-refractivity contribution in [2.75, 3.05) is 4.90 Å². The van der Waals surface area contributed by atoms with Gasteiger partial charge in [0.15, 0.2) is 11.5 Å². The molecule has 1 aromatic carbocycles. The third kappa shape index (κ3) is 3.78. The summed E-state index contributed by atoms with van der Waals surface area (Å²) in [5.74, 6) is 0.302. The topological polar surface area (TPSA) is 72.4 Å². The number of carbonyl (C=O) groups is 2. The maximum atomic E-state index is 13.8. The lowest BCUT2D eigenvalue weighted by Gasteiger charge is -2.40. The number of hydrogen-bond donors (Lipinski definition) is 0. The standard InChI is InChI=1S/C25H28FN3O3S/c1-12(2)9-19-27-28-25(33-19)29-21(15-5-7-16(26)8-6-15)20-22(30)17-10-13(3)14(4)11-18(17)32-23(20)24(29)31/h5-8,12-14,17-18,21H,9-11H2,1-4H3. The minimum atomic E-state index is -0.698. The van der Waals surface area contributed by atoms with Crippen molar-refractivity contribution in [2.45, 2.75) is 59.1 Å². The predicted molar refractivity (Wildman–Crippen MR) is 123 cm³/mol.